The number of halogens is 2. The second-order valence-electron chi connectivity index (χ2n) is 5.14. The Labute approximate surface area is 123 Å². The van der Waals surface area contributed by atoms with Crippen molar-refractivity contribution in [2.45, 2.75) is 24.3 Å². The van der Waals surface area contributed by atoms with Gasteiger partial charge in [0.1, 0.15) is 16.5 Å². The van der Waals surface area contributed by atoms with E-state index in [1.165, 1.54) is 0 Å². The van der Waals surface area contributed by atoms with E-state index in [0.29, 0.717) is 25.8 Å². The third-order valence-corrected chi connectivity index (χ3v) is 5.43. The summed E-state index contributed by atoms with van der Waals surface area (Å²) >= 11 is 0. The van der Waals surface area contributed by atoms with Gasteiger partial charge in [-0.3, -0.25) is 0 Å². The van der Waals surface area contributed by atoms with Gasteiger partial charge in [0.2, 0.25) is 0 Å². The molecule has 0 radical (unpaired) electrons. The molecule has 1 saturated heterocycles. The maximum Gasteiger partial charge on any atom is 0.182 e. The van der Waals surface area contributed by atoms with E-state index in [1.54, 1.807) is 0 Å². The fourth-order valence-corrected chi connectivity index (χ4v) is 4.22. The van der Waals surface area contributed by atoms with E-state index in [0.717, 1.165) is 18.6 Å². The lowest BCUT2D eigenvalue weighted by molar-refractivity contribution is 0.179. The summed E-state index contributed by atoms with van der Waals surface area (Å²) in [6.07, 6.45) is 0.777. The monoisotopic (exact) mass is 319 g/mol. The number of nitrogens with one attached hydrogen (secondary N) is 1. The molecule has 4 nitrogen and oxygen atoms in total. The molecule has 2 unspecified atom stereocenters. The van der Waals surface area contributed by atoms with Crippen molar-refractivity contribution in [3.05, 3.63) is 29.8 Å². The van der Waals surface area contributed by atoms with E-state index in [-0.39, 0.29) is 17.7 Å². The van der Waals surface area contributed by atoms with Crippen molar-refractivity contribution < 1.29 is 21.9 Å². The first-order chi connectivity index (χ1) is 9.94. The second kappa shape index (κ2) is 6.81. The van der Waals surface area contributed by atoms with Crippen molar-refractivity contribution in [1.29, 1.82) is 0 Å². The van der Waals surface area contributed by atoms with E-state index in [1.807, 2.05) is 6.92 Å². The van der Waals surface area contributed by atoms with Gasteiger partial charge in [0.15, 0.2) is 9.84 Å². The molecule has 118 valence electrons. The molecule has 21 heavy (non-hydrogen) atoms. The van der Waals surface area contributed by atoms with Crippen LogP contribution in [0.3, 0.4) is 0 Å². The van der Waals surface area contributed by atoms with Crippen LogP contribution in [0.4, 0.5) is 8.78 Å². The molecule has 0 amide bonds. The van der Waals surface area contributed by atoms with Crippen LogP contribution in [0, 0.1) is 17.6 Å². The maximum atomic E-state index is 13.7. The average Bonchev–Trinajstić information content (AvgIpc) is 2.91. The van der Waals surface area contributed by atoms with Crippen LogP contribution >= 0.6 is 0 Å². The van der Waals surface area contributed by atoms with Crippen LogP contribution < -0.4 is 5.32 Å². The number of benzene rings is 1. The van der Waals surface area contributed by atoms with Crippen molar-refractivity contribution in [2.75, 3.05) is 25.5 Å². The molecular formula is C14H19F2NO3S. The zero-order valence-corrected chi connectivity index (χ0v) is 12.6. The lowest BCUT2D eigenvalue weighted by Gasteiger charge is -2.23. The summed E-state index contributed by atoms with van der Waals surface area (Å²) in [6, 6.07) is 2.23. The third kappa shape index (κ3) is 3.99. The third-order valence-electron chi connectivity index (χ3n) is 3.63. The summed E-state index contributed by atoms with van der Waals surface area (Å²) in [4.78, 5) is -0.453. The normalized spacial score (nSPS) is 20.6. The summed E-state index contributed by atoms with van der Waals surface area (Å²) in [5.74, 6) is -1.98. The first-order valence-corrected chi connectivity index (χ1v) is 8.58. The molecule has 0 aliphatic carbocycles. The summed E-state index contributed by atoms with van der Waals surface area (Å²) in [6.45, 7) is 3.60. The van der Waals surface area contributed by atoms with E-state index in [9.17, 15) is 17.2 Å². The Balaban J connectivity index is 2.21. The maximum absolute atomic E-state index is 13.7. The van der Waals surface area contributed by atoms with E-state index in [2.05, 4.69) is 5.32 Å². The van der Waals surface area contributed by atoms with Crippen LogP contribution in [0.25, 0.3) is 0 Å². The lowest BCUT2D eigenvalue weighted by Crippen LogP contribution is -2.42. The first-order valence-electron chi connectivity index (χ1n) is 6.93. The molecule has 1 aromatic carbocycles. The Morgan fingerprint density at radius 3 is 2.76 bits per heavy atom. The summed E-state index contributed by atoms with van der Waals surface area (Å²) in [7, 11) is -3.83. The van der Waals surface area contributed by atoms with Gasteiger partial charge in [-0.25, -0.2) is 17.2 Å². The Kier molecular flexibility index (Phi) is 5.29. The smallest absolute Gasteiger partial charge is 0.182 e. The van der Waals surface area contributed by atoms with Crippen LogP contribution in [-0.4, -0.2) is 40.0 Å². The van der Waals surface area contributed by atoms with Gasteiger partial charge in [0.25, 0.3) is 0 Å². The summed E-state index contributed by atoms with van der Waals surface area (Å²) in [5, 5.41) is 3.13. The zero-order chi connectivity index (χ0) is 15.5. The van der Waals surface area contributed by atoms with Crippen LogP contribution in [0.15, 0.2) is 23.1 Å². The minimum Gasteiger partial charge on any atom is -0.381 e. The number of hydrogen-bond acceptors (Lipinski definition) is 4. The van der Waals surface area contributed by atoms with E-state index in [4.69, 9.17) is 4.74 Å². The van der Waals surface area contributed by atoms with Gasteiger partial charge >= 0.3 is 0 Å². The molecule has 1 heterocycles. The van der Waals surface area contributed by atoms with Gasteiger partial charge in [0, 0.05) is 24.6 Å². The van der Waals surface area contributed by atoms with E-state index >= 15 is 0 Å². The van der Waals surface area contributed by atoms with Gasteiger partial charge in [-0.1, -0.05) is 6.92 Å². The molecule has 1 aliphatic heterocycles. The Bertz CT molecular complexity index is 586. The number of sulfone groups is 1. The van der Waals surface area contributed by atoms with Gasteiger partial charge in [-0.2, -0.15) is 0 Å². The topological polar surface area (TPSA) is 55.4 Å². The molecule has 1 N–H and O–H groups in total. The largest absolute Gasteiger partial charge is 0.381 e. The van der Waals surface area contributed by atoms with E-state index < -0.39 is 26.4 Å². The predicted octanol–water partition coefficient (Wildman–Crippen LogP) is 1.75. The summed E-state index contributed by atoms with van der Waals surface area (Å²) < 4.78 is 56.6. The van der Waals surface area contributed by atoms with Gasteiger partial charge in [-0.15, -0.1) is 0 Å². The van der Waals surface area contributed by atoms with Crippen molar-refractivity contribution in [3.63, 3.8) is 0 Å². The van der Waals surface area contributed by atoms with Crippen molar-refractivity contribution >= 4 is 9.84 Å². The minimum absolute atomic E-state index is 0.0863. The first kappa shape index (κ1) is 16.3. The van der Waals surface area contributed by atoms with Crippen LogP contribution in [0.2, 0.25) is 0 Å². The minimum atomic E-state index is -3.83. The standard InChI is InChI=1S/C14H19F2NO3S/c1-2-17-13(10-5-6-20-8-10)9-21(18,19)14-4-3-11(15)7-12(14)16/h3-4,7,10,13,17H,2,5-6,8-9H2,1H3. The van der Waals surface area contributed by atoms with Gasteiger partial charge in [0.05, 0.1) is 12.4 Å². The number of hydrogen-bond donors (Lipinski definition) is 1. The van der Waals surface area contributed by atoms with Crippen molar-refractivity contribution in [1.82, 2.24) is 5.32 Å². The molecule has 2 rings (SSSR count). The number of ether oxygens (including phenoxy) is 1. The van der Waals surface area contributed by atoms with Crippen molar-refractivity contribution in [2.24, 2.45) is 5.92 Å². The highest BCUT2D eigenvalue weighted by Crippen LogP contribution is 2.23. The predicted molar refractivity (Wildman–Crippen MR) is 74.8 cm³/mol. The van der Waals surface area contributed by atoms with Crippen LogP contribution in [-0.2, 0) is 14.6 Å². The highest BCUT2D eigenvalue weighted by atomic mass is 32.2. The molecule has 0 spiro atoms. The molecule has 7 heteroatoms. The van der Waals surface area contributed by atoms with Gasteiger partial charge in [-0.05, 0) is 25.1 Å². The Hall–Kier alpha value is -1.05. The number of rotatable bonds is 6. The average molecular weight is 319 g/mol. The molecular weight excluding hydrogens is 300 g/mol. The molecule has 1 aromatic rings. The van der Waals surface area contributed by atoms with Gasteiger partial charge < -0.3 is 10.1 Å². The molecule has 2 atom stereocenters. The molecule has 0 aromatic heterocycles. The Morgan fingerprint density at radius 1 is 1.43 bits per heavy atom. The highest BCUT2D eigenvalue weighted by molar-refractivity contribution is 7.91. The Morgan fingerprint density at radius 2 is 2.19 bits per heavy atom. The fourth-order valence-electron chi connectivity index (χ4n) is 2.55. The molecule has 0 saturated carbocycles. The lowest BCUT2D eigenvalue weighted by atomic mass is 10.0. The SMILES string of the molecule is CCNC(CS(=O)(=O)c1ccc(F)cc1F)C1CCOC1. The molecule has 0 bridgehead atoms. The second-order valence-corrected chi connectivity index (χ2v) is 7.15. The van der Waals surface area contributed by atoms with Crippen LogP contribution in [0.5, 0.6) is 0 Å². The zero-order valence-electron chi connectivity index (χ0n) is 11.8. The molecule has 1 aliphatic rings. The quantitative estimate of drug-likeness (QED) is 0.812. The fraction of sp³-hybridized carbons (Fsp3) is 0.571. The van der Waals surface area contributed by atoms with Crippen molar-refractivity contribution in [3.8, 4) is 0 Å². The highest BCUT2D eigenvalue weighted by Gasteiger charge is 2.31. The summed E-state index contributed by atoms with van der Waals surface area (Å²) in [5.41, 5.74) is 0. The molecule has 1 fully saturated rings. The van der Waals surface area contributed by atoms with Crippen LogP contribution in [0.1, 0.15) is 13.3 Å².